The summed E-state index contributed by atoms with van der Waals surface area (Å²) in [4.78, 5) is 0. The molecule has 1 aromatic carbocycles. The average molecular weight is 273 g/mol. The molecule has 0 spiro atoms. The van der Waals surface area contributed by atoms with Gasteiger partial charge in [-0.25, -0.2) is 0 Å². The fourth-order valence-corrected chi connectivity index (χ4v) is 2.13. The molecule has 0 heterocycles. The van der Waals surface area contributed by atoms with E-state index >= 15 is 0 Å². The molecule has 2 rings (SSSR count). The molecule has 1 aliphatic rings. The highest BCUT2D eigenvalue weighted by atomic mass is 19.4. The quantitative estimate of drug-likeness (QED) is 0.864. The monoisotopic (exact) mass is 273 g/mol. The van der Waals surface area contributed by atoms with Crippen LogP contribution in [0.1, 0.15) is 30.6 Å². The van der Waals surface area contributed by atoms with Gasteiger partial charge >= 0.3 is 6.18 Å². The molecular weight excluding hydrogens is 255 g/mol. The summed E-state index contributed by atoms with van der Waals surface area (Å²) in [5.74, 6) is 1.37. The summed E-state index contributed by atoms with van der Waals surface area (Å²) in [6.45, 7) is 3.26. The summed E-state index contributed by atoms with van der Waals surface area (Å²) in [6, 6.07) is 4.85. The second kappa shape index (κ2) is 5.51. The van der Waals surface area contributed by atoms with Crippen LogP contribution in [0.4, 0.5) is 13.2 Å². The lowest BCUT2D eigenvalue weighted by molar-refractivity contribution is -0.137. The van der Waals surface area contributed by atoms with E-state index in [-0.39, 0.29) is 6.54 Å². The topological polar surface area (TPSA) is 32.3 Å². The molecule has 0 aromatic heterocycles. The van der Waals surface area contributed by atoms with Crippen LogP contribution in [0.5, 0.6) is 0 Å². The zero-order chi connectivity index (χ0) is 14.0. The summed E-state index contributed by atoms with van der Waals surface area (Å²) in [7, 11) is 0. The first-order valence-corrected chi connectivity index (χ1v) is 6.44. The van der Waals surface area contributed by atoms with Crippen LogP contribution < -0.4 is 5.32 Å². The first-order chi connectivity index (χ1) is 8.88. The van der Waals surface area contributed by atoms with Crippen molar-refractivity contribution >= 4 is 0 Å². The van der Waals surface area contributed by atoms with E-state index in [0.717, 1.165) is 24.6 Å². The zero-order valence-electron chi connectivity index (χ0n) is 10.7. The Morgan fingerprint density at radius 1 is 1.42 bits per heavy atom. The van der Waals surface area contributed by atoms with Crippen LogP contribution >= 0.6 is 0 Å². The third-order valence-corrected chi connectivity index (χ3v) is 3.62. The molecule has 106 valence electrons. The highest BCUT2D eigenvalue weighted by Gasteiger charge is 2.32. The van der Waals surface area contributed by atoms with Crippen molar-refractivity contribution in [2.75, 3.05) is 13.1 Å². The number of nitrogens with one attached hydrogen (secondary N) is 1. The van der Waals surface area contributed by atoms with Crippen molar-refractivity contribution in [2.45, 2.75) is 25.6 Å². The standard InChI is InChI=1S/C14H18F3NO/c1-9-5-11(9)7-18-8-13(19)10-3-2-4-12(6-10)14(15,16)17/h2-4,6,9,11,13,18-19H,5,7-8H2,1H3. The Labute approximate surface area is 110 Å². The molecule has 1 fully saturated rings. The normalized spacial score (nSPS) is 24.3. The molecule has 5 heteroatoms. The number of aliphatic hydroxyl groups excluding tert-OH is 1. The number of hydrogen-bond donors (Lipinski definition) is 2. The van der Waals surface area contributed by atoms with Gasteiger partial charge in [-0.15, -0.1) is 0 Å². The molecule has 2 nitrogen and oxygen atoms in total. The van der Waals surface area contributed by atoms with E-state index in [0.29, 0.717) is 11.5 Å². The Balaban J connectivity index is 1.89. The van der Waals surface area contributed by atoms with E-state index in [2.05, 4.69) is 12.2 Å². The lowest BCUT2D eigenvalue weighted by atomic mass is 10.1. The fraction of sp³-hybridized carbons (Fsp3) is 0.571. The summed E-state index contributed by atoms with van der Waals surface area (Å²) < 4.78 is 37.6. The predicted octanol–water partition coefficient (Wildman–Crippen LogP) is 2.98. The van der Waals surface area contributed by atoms with Crippen LogP contribution in [0.3, 0.4) is 0 Å². The Hall–Kier alpha value is -1.07. The lowest BCUT2D eigenvalue weighted by Crippen LogP contribution is -2.24. The summed E-state index contributed by atoms with van der Waals surface area (Å²) >= 11 is 0. The number of alkyl halides is 3. The van der Waals surface area contributed by atoms with Gasteiger partial charge in [0.2, 0.25) is 0 Å². The number of benzene rings is 1. The van der Waals surface area contributed by atoms with Crippen molar-refractivity contribution in [1.29, 1.82) is 0 Å². The van der Waals surface area contributed by atoms with Gasteiger partial charge < -0.3 is 10.4 Å². The van der Waals surface area contributed by atoms with Crippen molar-refractivity contribution in [3.63, 3.8) is 0 Å². The number of rotatable bonds is 5. The minimum absolute atomic E-state index is 0.282. The molecule has 0 radical (unpaired) electrons. The van der Waals surface area contributed by atoms with E-state index in [1.54, 1.807) is 0 Å². The number of hydrogen-bond acceptors (Lipinski definition) is 2. The molecule has 1 saturated carbocycles. The van der Waals surface area contributed by atoms with Crippen LogP contribution in [-0.2, 0) is 6.18 Å². The first-order valence-electron chi connectivity index (χ1n) is 6.44. The van der Waals surface area contributed by atoms with Crippen LogP contribution in [0, 0.1) is 11.8 Å². The van der Waals surface area contributed by atoms with Gasteiger partial charge in [0.05, 0.1) is 11.7 Å². The summed E-state index contributed by atoms with van der Waals surface area (Å²) in [5, 5.41) is 13.0. The van der Waals surface area contributed by atoms with E-state index in [4.69, 9.17) is 0 Å². The third kappa shape index (κ3) is 3.94. The van der Waals surface area contributed by atoms with Gasteiger partial charge in [0.25, 0.3) is 0 Å². The second-order valence-electron chi connectivity index (χ2n) is 5.27. The van der Waals surface area contributed by atoms with E-state index in [9.17, 15) is 18.3 Å². The van der Waals surface area contributed by atoms with Gasteiger partial charge in [0.15, 0.2) is 0 Å². The molecule has 2 N–H and O–H groups in total. The van der Waals surface area contributed by atoms with Crippen molar-refractivity contribution < 1.29 is 18.3 Å². The van der Waals surface area contributed by atoms with Crippen molar-refractivity contribution in [2.24, 2.45) is 11.8 Å². The Kier molecular flexibility index (Phi) is 4.16. The van der Waals surface area contributed by atoms with Crippen molar-refractivity contribution in [3.8, 4) is 0 Å². The van der Waals surface area contributed by atoms with Gasteiger partial charge in [0.1, 0.15) is 0 Å². The maximum absolute atomic E-state index is 12.5. The smallest absolute Gasteiger partial charge is 0.387 e. The Bertz CT molecular complexity index is 433. The summed E-state index contributed by atoms with van der Waals surface area (Å²) in [5.41, 5.74) is -0.425. The molecule has 0 saturated heterocycles. The minimum atomic E-state index is -4.37. The Morgan fingerprint density at radius 3 is 2.68 bits per heavy atom. The predicted molar refractivity (Wildman–Crippen MR) is 66.5 cm³/mol. The molecule has 0 aliphatic heterocycles. The molecule has 3 unspecified atom stereocenters. The molecule has 1 aliphatic carbocycles. The number of aliphatic hydroxyl groups is 1. The molecule has 3 atom stereocenters. The minimum Gasteiger partial charge on any atom is -0.387 e. The van der Waals surface area contributed by atoms with Gasteiger partial charge in [-0.1, -0.05) is 19.1 Å². The van der Waals surface area contributed by atoms with E-state index < -0.39 is 17.8 Å². The fourth-order valence-electron chi connectivity index (χ4n) is 2.13. The largest absolute Gasteiger partial charge is 0.416 e. The highest BCUT2D eigenvalue weighted by molar-refractivity contribution is 5.27. The molecule has 1 aromatic rings. The Morgan fingerprint density at radius 2 is 2.11 bits per heavy atom. The molecule has 0 bridgehead atoms. The van der Waals surface area contributed by atoms with Gasteiger partial charge in [-0.2, -0.15) is 13.2 Å². The highest BCUT2D eigenvalue weighted by Crippen LogP contribution is 2.36. The average Bonchev–Trinajstić information content (AvgIpc) is 3.04. The van der Waals surface area contributed by atoms with E-state index in [1.165, 1.54) is 18.6 Å². The van der Waals surface area contributed by atoms with Crippen LogP contribution in [0.25, 0.3) is 0 Å². The van der Waals surface area contributed by atoms with Crippen LogP contribution in [0.2, 0.25) is 0 Å². The SMILES string of the molecule is CC1CC1CNCC(O)c1cccc(C(F)(F)F)c1. The van der Waals surface area contributed by atoms with Crippen LogP contribution in [-0.4, -0.2) is 18.2 Å². The van der Waals surface area contributed by atoms with Gasteiger partial charge in [-0.05, 0) is 42.5 Å². The summed E-state index contributed by atoms with van der Waals surface area (Å²) in [6.07, 6.45) is -4.09. The second-order valence-corrected chi connectivity index (χ2v) is 5.27. The van der Waals surface area contributed by atoms with Crippen molar-refractivity contribution in [3.05, 3.63) is 35.4 Å². The zero-order valence-corrected chi connectivity index (χ0v) is 10.7. The van der Waals surface area contributed by atoms with Gasteiger partial charge in [-0.3, -0.25) is 0 Å². The molecule has 19 heavy (non-hydrogen) atoms. The van der Waals surface area contributed by atoms with E-state index in [1.807, 2.05) is 0 Å². The molecular formula is C14H18F3NO. The van der Waals surface area contributed by atoms with Crippen LogP contribution in [0.15, 0.2) is 24.3 Å². The third-order valence-electron chi connectivity index (χ3n) is 3.62. The maximum atomic E-state index is 12.5. The van der Waals surface area contributed by atoms with Crippen molar-refractivity contribution in [1.82, 2.24) is 5.32 Å². The first kappa shape index (κ1) is 14.3. The lowest BCUT2D eigenvalue weighted by Gasteiger charge is -2.14. The maximum Gasteiger partial charge on any atom is 0.416 e. The van der Waals surface area contributed by atoms with Gasteiger partial charge in [0, 0.05) is 6.54 Å². The number of halogens is 3. The molecule has 0 amide bonds.